The van der Waals surface area contributed by atoms with Gasteiger partial charge in [-0.15, -0.1) is 0 Å². The Morgan fingerprint density at radius 2 is 2.32 bits per heavy atom. The summed E-state index contributed by atoms with van der Waals surface area (Å²) in [7, 11) is 1.55. The minimum Gasteiger partial charge on any atom is -0.494 e. The zero-order chi connectivity index (χ0) is 13.8. The van der Waals surface area contributed by atoms with Crippen LogP contribution in [0, 0.1) is 0 Å². The fraction of sp³-hybridized carbons (Fsp3) is 0.385. The molecule has 0 spiro atoms. The third kappa shape index (κ3) is 3.07. The first kappa shape index (κ1) is 13.9. The molecule has 0 radical (unpaired) electrons. The van der Waals surface area contributed by atoms with Crippen molar-refractivity contribution in [2.24, 2.45) is 0 Å². The Morgan fingerprint density at radius 3 is 2.89 bits per heavy atom. The summed E-state index contributed by atoms with van der Waals surface area (Å²) in [6, 6.07) is 5.29. The lowest BCUT2D eigenvalue weighted by atomic mass is 10.2. The van der Waals surface area contributed by atoms with Gasteiger partial charge in [0.25, 0.3) is 0 Å². The van der Waals surface area contributed by atoms with Crippen molar-refractivity contribution < 1.29 is 14.3 Å². The van der Waals surface area contributed by atoms with Crippen LogP contribution in [0.4, 0.5) is 11.4 Å². The van der Waals surface area contributed by atoms with Crippen molar-refractivity contribution in [3.63, 3.8) is 0 Å². The predicted octanol–water partition coefficient (Wildman–Crippen LogP) is 2.16. The summed E-state index contributed by atoms with van der Waals surface area (Å²) in [5, 5.41) is 2.96. The third-order valence-electron chi connectivity index (χ3n) is 2.95. The van der Waals surface area contributed by atoms with Crippen molar-refractivity contribution in [3.05, 3.63) is 18.2 Å². The van der Waals surface area contributed by atoms with Gasteiger partial charge in [-0.2, -0.15) is 0 Å². The number of methoxy groups -OCH3 is 1. The summed E-state index contributed by atoms with van der Waals surface area (Å²) in [6.07, 6.45) is 1.44. The molecule has 1 aliphatic rings. The number of alkyl halides is 1. The van der Waals surface area contributed by atoms with Crippen LogP contribution in [-0.2, 0) is 9.59 Å². The lowest BCUT2D eigenvalue weighted by Crippen LogP contribution is -2.24. The van der Waals surface area contributed by atoms with Crippen LogP contribution >= 0.6 is 15.9 Å². The number of ether oxygens (including phenoxy) is 1. The van der Waals surface area contributed by atoms with Crippen molar-refractivity contribution in [2.75, 3.05) is 29.2 Å². The van der Waals surface area contributed by atoms with Gasteiger partial charge in [0.2, 0.25) is 11.8 Å². The second kappa shape index (κ2) is 6.06. The molecule has 0 aliphatic carbocycles. The van der Waals surface area contributed by atoms with Crippen LogP contribution in [-0.4, -0.2) is 30.8 Å². The number of halogens is 1. The van der Waals surface area contributed by atoms with Gasteiger partial charge in [-0.05, 0) is 18.6 Å². The van der Waals surface area contributed by atoms with E-state index >= 15 is 0 Å². The Kier molecular flexibility index (Phi) is 4.42. The molecule has 102 valence electrons. The Hall–Kier alpha value is -1.56. The van der Waals surface area contributed by atoms with E-state index < -0.39 is 0 Å². The molecule has 0 unspecified atom stereocenters. The smallest absolute Gasteiger partial charge is 0.235 e. The Balaban J connectivity index is 2.26. The molecule has 0 saturated carbocycles. The van der Waals surface area contributed by atoms with Gasteiger partial charge in [-0.3, -0.25) is 9.59 Å². The van der Waals surface area contributed by atoms with Crippen LogP contribution in [0.3, 0.4) is 0 Å². The highest BCUT2D eigenvalue weighted by atomic mass is 79.9. The van der Waals surface area contributed by atoms with Gasteiger partial charge in [0.1, 0.15) is 5.75 Å². The van der Waals surface area contributed by atoms with Gasteiger partial charge >= 0.3 is 0 Å². The predicted molar refractivity (Wildman–Crippen MR) is 77.0 cm³/mol. The molecule has 1 saturated heterocycles. The fourth-order valence-corrected chi connectivity index (χ4v) is 2.22. The van der Waals surface area contributed by atoms with E-state index in [1.165, 1.54) is 0 Å². The molecular formula is C13H15BrN2O3. The summed E-state index contributed by atoms with van der Waals surface area (Å²) in [5.41, 5.74) is 1.40. The van der Waals surface area contributed by atoms with E-state index in [4.69, 9.17) is 4.74 Å². The van der Waals surface area contributed by atoms with Crippen LogP contribution in [0.15, 0.2) is 18.2 Å². The van der Waals surface area contributed by atoms with E-state index in [9.17, 15) is 9.59 Å². The molecule has 0 atom stereocenters. The van der Waals surface area contributed by atoms with Crippen molar-refractivity contribution in [3.8, 4) is 5.75 Å². The molecular weight excluding hydrogens is 312 g/mol. The summed E-state index contributed by atoms with van der Waals surface area (Å²) >= 11 is 3.09. The van der Waals surface area contributed by atoms with Gasteiger partial charge in [-0.25, -0.2) is 0 Å². The van der Waals surface area contributed by atoms with Gasteiger partial charge in [0, 0.05) is 24.7 Å². The normalized spacial score (nSPS) is 14.6. The van der Waals surface area contributed by atoms with E-state index in [-0.39, 0.29) is 17.1 Å². The van der Waals surface area contributed by atoms with Gasteiger partial charge in [-0.1, -0.05) is 15.9 Å². The number of benzene rings is 1. The highest BCUT2D eigenvalue weighted by molar-refractivity contribution is 9.09. The highest BCUT2D eigenvalue weighted by Crippen LogP contribution is 2.33. The molecule has 1 aromatic rings. The van der Waals surface area contributed by atoms with E-state index in [1.807, 2.05) is 0 Å². The second-order valence-corrected chi connectivity index (χ2v) is 4.78. The maximum atomic E-state index is 11.7. The molecule has 1 heterocycles. The number of amides is 2. The molecule has 1 aromatic carbocycles. The quantitative estimate of drug-likeness (QED) is 0.862. The minimum atomic E-state index is -0.132. The van der Waals surface area contributed by atoms with Gasteiger partial charge < -0.3 is 15.0 Å². The number of rotatable bonds is 4. The average Bonchev–Trinajstić information content (AvgIpc) is 2.84. The topological polar surface area (TPSA) is 58.6 Å². The number of nitrogens with one attached hydrogen (secondary N) is 1. The molecule has 6 heteroatoms. The second-order valence-electron chi connectivity index (χ2n) is 4.22. The number of nitrogens with zero attached hydrogens (tertiary/aromatic N) is 1. The first-order chi connectivity index (χ1) is 9.15. The van der Waals surface area contributed by atoms with Crippen molar-refractivity contribution in [1.82, 2.24) is 0 Å². The third-order valence-corrected chi connectivity index (χ3v) is 3.46. The van der Waals surface area contributed by atoms with Crippen molar-refractivity contribution in [1.29, 1.82) is 0 Å². The lowest BCUT2D eigenvalue weighted by molar-refractivity contribution is -0.117. The first-order valence-corrected chi connectivity index (χ1v) is 7.12. The number of carbonyl (C=O) groups is 2. The number of carbonyl (C=O) groups excluding carboxylic acids is 2. The largest absolute Gasteiger partial charge is 0.494 e. The van der Waals surface area contributed by atoms with E-state index in [2.05, 4.69) is 21.2 Å². The van der Waals surface area contributed by atoms with Crippen LogP contribution in [0.5, 0.6) is 5.75 Å². The Morgan fingerprint density at radius 1 is 1.53 bits per heavy atom. The highest BCUT2D eigenvalue weighted by Gasteiger charge is 2.24. The molecule has 2 amide bonds. The van der Waals surface area contributed by atoms with Crippen LogP contribution in [0.25, 0.3) is 0 Å². The molecule has 1 fully saturated rings. The summed E-state index contributed by atoms with van der Waals surface area (Å²) in [4.78, 5) is 24.8. The minimum absolute atomic E-state index is 0.107. The molecule has 2 rings (SSSR count). The molecule has 0 bridgehead atoms. The van der Waals surface area contributed by atoms with Crippen LogP contribution in [0.2, 0.25) is 0 Å². The van der Waals surface area contributed by atoms with E-state index in [0.29, 0.717) is 24.4 Å². The van der Waals surface area contributed by atoms with E-state index in [0.717, 1.165) is 12.1 Å². The zero-order valence-corrected chi connectivity index (χ0v) is 12.2. The lowest BCUT2D eigenvalue weighted by Gasteiger charge is -2.19. The van der Waals surface area contributed by atoms with Gasteiger partial charge in [0.05, 0.1) is 18.1 Å². The monoisotopic (exact) mass is 326 g/mol. The average molecular weight is 327 g/mol. The molecule has 1 N–H and O–H groups in total. The van der Waals surface area contributed by atoms with Crippen LogP contribution < -0.4 is 15.0 Å². The molecule has 5 nitrogen and oxygen atoms in total. The Labute approximate surface area is 120 Å². The van der Waals surface area contributed by atoms with Crippen LogP contribution in [0.1, 0.15) is 12.8 Å². The first-order valence-electron chi connectivity index (χ1n) is 6.00. The number of hydrogen-bond donors (Lipinski definition) is 1. The number of anilines is 2. The zero-order valence-electron chi connectivity index (χ0n) is 10.6. The Bertz CT molecular complexity index is 505. The van der Waals surface area contributed by atoms with E-state index in [1.54, 1.807) is 30.2 Å². The summed E-state index contributed by atoms with van der Waals surface area (Å²) in [6.45, 7) is 0.711. The SMILES string of the molecule is COc1cc(NC(=O)CBr)ccc1N1CCCC1=O. The number of hydrogen-bond acceptors (Lipinski definition) is 3. The maximum Gasteiger partial charge on any atom is 0.235 e. The summed E-state index contributed by atoms with van der Waals surface area (Å²) in [5.74, 6) is 0.560. The standard InChI is InChI=1S/C13H15BrN2O3/c1-19-11-7-9(15-12(17)8-14)4-5-10(11)16-6-2-3-13(16)18/h4-5,7H,2-3,6,8H2,1H3,(H,15,17). The molecule has 19 heavy (non-hydrogen) atoms. The maximum absolute atomic E-state index is 11.7. The summed E-state index contributed by atoms with van der Waals surface area (Å²) < 4.78 is 5.31. The fourth-order valence-electron chi connectivity index (χ4n) is 2.08. The van der Waals surface area contributed by atoms with Gasteiger partial charge in [0.15, 0.2) is 0 Å². The van der Waals surface area contributed by atoms with Crippen molar-refractivity contribution in [2.45, 2.75) is 12.8 Å². The molecule has 1 aliphatic heterocycles. The molecule has 0 aromatic heterocycles. The van der Waals surface area contributed by atoms with Crippen molar-refractivity contribution >= 4 is 39.1 Å².